The van der Waals surface area contributed by atoms with E-state index in [9.17, 15) is 9.59 Å². The van der Waals surface area contributed by atoms with Crippen molar-refractivity contribution < 1.29 is 9.59 Å². The van der Waals surface area contributed by atoms with E-state index >= 15 is 0 Å². The summed E-state index contributed by atoms with van der Waals surface area (Å²) in [6.07, 6.45) is 2.76. The van der Waals surface area contributed by atoms with Crippen molar-refractivity contribution in [1.29, 1.82) is 0 Å². The topological polar surface area (TPSA) is 39.1 Å². The van der Waals surface area contributed by atoms with Crippen LogP contribution < -0.4 is 0 Å². The Morgan fingerprint density at radius 2 is 1.94 bits per heavy atom. The lowest BCUT2D eigenvalue weighted by atomic mass is 10.1. The van der Waals surface area contributed by atoms with Crippen molar-refractivity contribution in [1.82, 2.24) is 4.57 Å². The molecule has 0 fully saturated rings. The van der Waals surface area contributed by atoms with Crippen molar-refractivity contribution in [2.45, 2.75) is 23.6 Å². The summed E-state index contributed by atoms with van der Waals surface area (Å²) < 4.78 is -0.510. The van der Waals surface area contributed by atoms with Gasteiger partial charge in [-0.15, -0.1) is 0 Å². The van der Waals surface area contributed by atoms with Crippen LogP contribution >= 0.6 is 34.8 Å². The van der Waals surface area contributed by atoms with Crippen LogP contribution in [0, 0.1) is 0 Å². The molecule has 94 valence electrons. The van der Waals surface area contributed by atoms with E-state index in [0.717, 1.165) is 6.42 Å². The standard InChI is InChI=1S/C11H12Cl3NO2/c1-3-4-9(16)7-5-8(15(2)6-7)10(17)11(12,13)14/h5-6H,3-4H2,1-2H3. The average molecular weight is 297 g/mol. The minimum atomic E-state index is -2.00. The van der Waals surface area contributed by atoms with Gasteiger partial charge in [-0.05, 0) is 12.5 Å². The monoisotopic (exact) mass is 295 g/mol. The van der Waals surface area contributed by atoms with Gasteiger partial charge in [0.25, 0.3) is 3.79 Å². The summed E-state index contributed by atoms with van der Waals surface area (Å²) in [5, 5.41) is 0. The van der Waals surface area contributed by atoms with Crippen LogP contribution in [-0.4, -0.2) is 19.9 Å². The van der Waals surface area contributed by atoms with Gasteiger partial charge in [0, 0.05) is 25.2 Å². The molecule has 0 spiro atoms. The van der Waals surface area contributed by atoms with E-state index in [1.165, 1.54) is 10.6 Å². The highest BCUT2D eigenvalue weighted by molar-refractivity contribution is 6.77. The molecule has 17 heavy (non-hydrogen) atoms. The molecule has 0 aromatic carbocycles. The highest BCUT2D eigenvalue weighted by atomic mass is 35.6. The fraction of sp³-hybridized carbons (Fsp3) is 0.455. The van der Waals surface area contributed by atoms with Crippen LogP contribution in [0.3, 0.4) is 0 Å². The number of aryl methyl sites for hydroxylation is 1. The number of hydrogen-bond acceptors (Lipinski definition) is 2. The Hall–Kier alpha value is -0.510. The molecule has 0 radical (unpaired) electrons. The molecular weight excluding hydrogens is 284 g/mol. The second-order valence-electron chi connectivity index (χ2n) is 3.72. The summed E-state index contributed by atoms with van der Waals surface area (Å²) >= 11 is 16.6. The van der Waals surface area contributed by atoms with Crippen molar-refractivity contribution in [2.75, 3.05) is 0 Å². The zero-order chi connectivity index (χ0) is 13.2. The summed E-state index contributed by atoms with van der Waals surface area (Å²) in [4.78, 5) is 23.4. The fourth-order valence-electron chi connectivity index (χ4n) is 1.46. The van der Waals surface area contributed by atoms with Gasteiger partial charge in [0.2, 0.25) is 5.78 Å². The van der Waals surface area contributed by atoms with E-state index in [4.69, 9.17) is 34.8 Å². The second kappa shape index (κ2) is 5.42. The fourth-order valence-corrected chi connectivity index (χ4v) is 1.75. The van der Waals surface area contributed by atoms with E-state index < -0.39 is 9.58 Å². The van der Waals surface area contributed by atoms with Gasteiger partial charge in [0.05, 0.1) is 5.69 Å². The lowest BCUT2D eigenvalue weighted by Crippen LogP contribution is -2.21. The average Bonchev–Trinajstić information content (AvgIpc) is 2.58. The largest absolute Gasteiger partial charge is 0.347 e. The lowest BCUT2D eigenvalue weighted by molar-refractivity contribution is 0.0979. The molecule has 0 N–H and O–H groups in total. The number of Topliss-reactive ketones (excluding diaryl/α,β-unsaturated/α-hetero) is 2. The van der Waals surface area contributed by atoms with Gasteiger partial charge in [0.1, 0.15) is 0 Å². The molecule has 0 amide bonds. The number of halogens is 3. The van der Waals surface area contributed by atoms with Crippen molar-refractivity contribution in [3.05, 3.63) is 23.5 Å². The number of carbonyl (C=O) groups is 2. The molecule has 1 aromatic rings. The first-order valence-electron chi connectivity index (χ1n) is 5.08. The predicted molar refractivity (Wildman–Crippen MR) is 69.3 cm³/mol. The molecule has 1 aromatic heterocycles. The third kappa shape index (κ3) is 3.47. The first-order chi connectivity index (χ1) is 7.77. The molecular formula is C11H12Cl3NO2. The van der Waals surface area contributed by atoms with E-state index in [-0.39, 0.29) is 11.5 Å². The first-order valence-corrected chi connectivity index (χ1v) is 6.21. The van der Waals surface area contributed by atoms with Gasteiger partial charge in [-0.25, -0.2) is 0 Å². The van der Waals surface area contributed by atoms with Crippen molar-refractivity contribution in [3.8, 4) is 0 Å². The number of aromatic nitrogens is 1. The van der Waals surface area contributed by atoms with Crippen LogP contribution in [0.15, 0.2) is 12.3 Å². The molecule has 1 rings (SSSR count). The number of alkyl halides is 3. The molecule has 0 saturated carbocycles. The Bertz CT molecular complexity index is 446. The van der Waals surface area contributed by atoms with Crippen LogP contribution in [0.2, 0.25) is 0 Å². The number of rotatable bonds is 4. The van der Waals surface area contributed by atoms with Gasteiger partial charge in [0.15, 0.2) is 5.78 Å². The van der Waals surface area contributed by atoms with Crippen LogP contribution in [0.25, 0.3) is 0 Å². The molecule has 1 heterocycles. The molecule has 0 aliphatic rings. The van der Waals surface area contributed by atoms with Gasteiger partial charge in [-0.1, -0.05) is 41.7 Å². The highest BCUT2D eigenvalue weighted by Crippen LogP contribution is 2.31. The molecule has 6 heteroatoms. The molecule has 0 aliphatic heterocycles. The van der Waals surface area contributed by atoms with E-state index in [2.05, 4.69) is 0 Å². The highest BCUT2D eigenvalue weighted by Gasteiger charge is 2.33. The molecule has 3 nitrogen and oxygen atoms in total. The Labute approximate surface area is 115 Å². The quantitative estimate of drug-likeness (QED) is 0.629. The van der Waals surface area contributed by atoms with Gasteiger partial charge >= 0.3 is 0 Å². The summed E-state index contributed by atoms with van der Waals surface area (Å²) in [5.74, 6) is -0.660. The maximum Gasteiger partial charge on any atom is 0.255 e. The van der Waals surface area contributed by atoms with Crippen LogP contribution in [0.5, 0.6) is 0 Å². The Morgan fingerprint density at radius 1 is 1.35 bits per heavy atom. The Morgan fingerprint density at radius 3 is 2.41 bits per heavy atom. The number of ketones is 2. The van der Waals surface area contributed by atoms with E-state index in [0.29, 0.717) is 12.0 Å². The summed E-state index contributed by atoms with van der Waals surface area (Å²) in [5.41, 5.74) is 0.677. The summed E-state index contributed by atoms with van der Waals surface area (Å²) in [6, 6.07) is 1.46. The second-order valence-corrected chi connectivity index (χ2v) is 6.01. The minimum absolute atomic E-state index is 0.0218. The molecule has 0 unspecified atom stereocenters. The summed E-state index contributed by atoms with van der Waals surface area (Å²) in [6.45, 7) is 1.91. The van der Waals surface area contributed by atoms with Gasteiger partial charge < -0.3 is 4.57 Å². The number of carbonyl (C=O) groups excluding carboxylic acids is 2. The van der Waals surface area contributed by atoms with Crippen molar-refractivity contribution >= 4 is 46.4 Å². The lowest BCUT2D eigenvalue weighted by Gasteiger charge is -2.09. The first kappa shape index (κ1) is 14.6. The predicted octanol–water partition coefficient (Wildman–Crippen LogP) is 3.56. The maximum absolute atomic E-state index is 11.8. The molecule has 0 saturated heterocycles. The van der Waals surface area contributed by atoms with Crippen LogP contribution in [0.1, 0.15) is 40.6 Å². The third-order valence-electron chi connectivity index (χ3n) is 2.29. The number of nitrogens with zero attached hydrogens (tertiary/aromatic N) is 1. The van der Waals surface area contributed by atoms with E-state index in [1.807, 2.05) is 6.92 Å². The van der Waals surface area contributed by atoms with Gasteiger partial charge in [-0.3, -0.25) is 9.59 Å². The zero-order valence-corrected chi connectivity index (χ0v) is 11.7. The third-order valence-corrected chi connectivity index (χ3v) is 2.81. The van der Waals surface area contributed by atoms with Crippen LogP contribution in [0.4, 0.5) is 0 Å². The molecule has 0 bridgehead atoms. The van der Waals surface area contributed by atoms with Crippen molar-refractivity contribution in [3.63, 3.8) is 0 Å². The molecule has 0 aliphatic carbocycles. The SMILES string of the molecule is CCCC(=O)c1cc(C(=O)C(Cl)(Cl)Cl)n(C)c1. The van der Waals surface area contributed by atoms with E-state index in [1.54, 1.807) is 13.2 Å². The summed E-state index contributed by atoms with van der Waals surface area (Å²) in [7, 11) is 1.63. The Kier molecular flexibility index (Phi) is 4.64. The van der Waals surface area contributed by atoms with Gasteiger partial charge in [-0.2, -0.15) is 0 Å². The zero-order valence-electron chi connectivity index (χ0n) is 9.47. The van der Waals surface area contributed by atoms with Crippen LogP contribution in [-0.2, 0) is 7.05 Å². The normalized spacial score (nSPS) is 11.6. The maximum atomic E-state index is 11.8. The minimum Gasteiger partial charge on any atom is -0.347 e. The Balaban J connectivity index is 3.05. The number of hydrogen-bond donors (Lipinski definition) is 0. The molecule has 0 atom stereocenters. The van der Waals surface area contributed by atoms with Crippen molar-refractivity contribution in [2.24, 2.45) is 7.05 Å². The smallest absolute Gasteiger partial charge is 0.255 e.